The summed E-state index contributed by atoms with van der Waals surface area (Å²) in [5, 5.41) is 2.82. The second-order valence-corrected chi connectivity index (χ2v) is 5.34. The molecule has 0 spiro atoms. The molecule has 2 amide bonds. The van der Waals surface area contributed by atoms with Gasteiger partial charge >= 0.3 is 6.03 Å². The zero-order valence-corrected chi connectivity index (χ0v) is 12.5. The van der Waals surface area contributed by atoms with Crippen molar-refractivity contribution in [2.24, 2.45) is 5.92 Å². The van der Waals surface area contributed by atoms with Crippen molar-refractivity contribution < 1.29 is 9.53 Å². The fraction of sp³-hybridized carbons (Fsp3) is 0.533. The van der Waals surface area contributed by atoms with E-state index < -0.39 is 0 Å². The molecule has 0 aliphatic heterocycles. The van der Waals surface area contributed by atoms with E-state index in [-0.39, 0.29) is 6.03 Å². The third-order valence-electron chi connectivity index (χ3n) is 2.79. The fourth-order valence-corrected chi connectivity index (χ4v) is 1.53. The first-order valence-corrected chi connectivity index (χ1v) is 6.62. The second-order valence-electron chi connectivity index (χ2n) is 5.34. The lowest BCUT2D eigenvalue weighted by molar-refractivity contribution is 0.230. The highest BCUT2D eigenvalue weighted by Gasteiger charge is 2.06. The highest BCUT2D eigenvalue weighted by Crippen LogP contribution is 2.22. The topological polar surface area (TPSA) is 41.6 Å². The highest BCUT2D eigenvalue weighted by atomic mass is 16.5. The van der Waals surface area contributed by atoms with Gasteiger partial charge in [-0.25, -0.2) is 4.79 Å². The van der Waals surface area contributed by atoms with E-state index in [2.05, 4.69) is 19.2 Å². The normalized spacial score (nSPS) is 10.4. The van der Waals surface area contributed by atoms with Crippen molar-refractivity contribution in [3.05, 3.63) is 23.8 Å². The smallest absolute Gasteiger partial charge is 0.321 e. The van der Waals surface area contributed by atoms with Crippen LogP contribution in [0, 0.1) is 12.8 Å². The van der Waals surface area contributed by atoms with Gasteiger partial charge in [-0.15, -0.1) is 0 Å². The molecule has 0 saturated carbocycles. The number of benzene rings is 1. The molecule has 1 aromatic rings. The minimum Gasteiger partial charge on any atom is -0.493 e. The zero-order valence-electron chi connectivity index (χ0n) is 12.5. The summed E-state index contributed by atoms with van der Waals surface area (Å²) in [5.74, 6) is 1.52. The van der Waals surface area contributed by atoms with Crippen LogP contribution in [-0.4, -0.2) is 31.6 Å². The number of amides is 2. The van der Waals surface area contributed by atoms with Crippen molar-refractivity contribution in [3.63, 3.8) is 0 Å². The maximum absolute atomic E-state index is 11.5. The molecule has 0 heterocycles. The third kappa shape index (κ3) is 5.20. The average molecular weight is 264 g/mol. The summed E-state index contributed by atoms with van der Waals surface area (Å²) in [5.41, 5.74) is 1.81. The Kier molecular flexibility index (Phi) is 5.67. The van der Waals surface area contributed by atoms with E-state index in [1.54, 1.807) is 14.1 Å². The minimum atomic E-state index is -0.132. The molecule has 0 aliphatic rings. The highest BCUT2D eigenvalue weighted by molar-refractivity contribution is 5.89. The van der Waals surface area contributed by atoms with Gasteiger partial charge in [-0.05, 0) is 43.0 Å². The number of nitrogens with zero attached hydrogens (tertiary/aromatic N) is 1. The first-order chi connectivity index (χ1) is 8.90. The maximum Gasteiger partial charge on any atom is 0.321 e. The van der Waals surface area contributed by atoms with Gasteiger partial charge in [0.1, 0.15) is 5.75 Å². The standard InChI is InChI=1S/C15H24N2O2/c1-11(2)8-9-19-14-7-6-13(10-12(14)3)16-15(18)17(4)5/h6-7,10-11H,8-9H2,1-5H3,(H,16,18). The van der Waals surface area contributed by atoms with Crippen LogP contribution in [0.25, 0.3) is 0 Å². The van der Waals surface area contributed by atoms with Crippen molar-refractivity contribution >= 4 is 11.7 Å². The molecule has 1 rings (SSSR count). The van der Waals surface area contributed by atoms with Crippen LogP contribution < -0.4 is 10.1 Å². The van der Waals surface area contributed by atoms with Crippen LogP contribution >= 0.6 is 0 Å². The molecule has 4 nitrogen and oxygen atoms in total. The number of nitrogens with one attached hydrogen (secondary N) is 1. The average Bonchev–Trinajstić information content (AvgIpc) is 2.31. The van der Waals surface area contributed by atoms with Crippen LogP contribution in [-0.2, 0) is 0 Å². The van der Waals surface area contributed by atoms with Gasteiger partial charge in [0.15, 0.2) is 0 Å². The Labute approximate surface area is 115 Å². The van der Waals surface area contributed by atoms with Crippen LogP contribution in [0.4, 0.5) is 10.5 Å². The van der Waals surface area contributed by atoms with Gasteiger partial charge in [0.05, 0.1) is 6.61 Å². The van der Waals surface area contributed by atoms with Crippen molar-refractivity contribution in [1.29, 1.82) is 0 Å². The number of hydrogen-bond acceptors (Lipinski definition) is 2. The summed E-state index contributed by atoms with van der Waals surface area (Å²) >= 11 is 0. The lowest BCUT2D eigenvalue weighted by Gasteiger charge is -2.14. The lowest BCUT2D eigenvalue weighted by Crippen LogP contribution is -2.27. The van der Waals surface area contributed by atoms with Crippen molar-refractivity contribution in [1.82, 2.24) is 4.90 Å². The predicted octanol–water partition coefficient (Wildman–Crippen LogP) is 3.51. The van der Waals surface area contributed by atoms with Crippen molar-refractivity contribution in [2.45, 2.75) is 27.2 Å². The number of carbonyl (C=O) groups excluding carboxylic acids is 1. The Morgan fingerprint density at radius 3 is 2.58 bits per heavy atom. The number of urea groups is 1. The van der Waals surface area contributed by atoms with Gasteiger partial charge in [-0.3, -0.25) is 0 Å². The van der Waals surface area contributed by atoms with Crippen LogP contribution in [0.1, 0.15) is 25.8 Å². The Balaban J connectivity index is 2.61. The summed E-state index contributed by atoms with van der Waals surface area (Å²) in [4.78, 5) is 13.0. The molecule has 0 atom stereocenters. The van der Waals surface area contributed by atoms with E-state index in [1.807, 2.05) is 25.1 Å². The number of carbonyl (C=O) groups is 1. The first kappa shape index (κ1) is 15.3. The largest absolute Gasteiger partial charge is 0.493 e. The van der Waals surface area contributed by atoms with E-state index in [1.165, 1.54) is 4.90 Å². The summed E-state index contributed by atoms with van der Waals surface area (Å²) < 4.78 is 5.73. The van der Waals surface area contributed by atoms with Gasteiger partial charge < -0.3 is 15.0 Å². The molecule has 19 heavy (non-hydrogen) atoms. The first-order valence-electron chi connectivity index (χ1n) is 6.62. The Morgan fingerprint density at radius 2 is 2.05 bits per heavy atom. The van der Waals surface area contributed by atoms with Gasteiger partial charge in [0.2, 0.25) is 0 Å². The molecular weight excluding hydrogens is 240 g/mol. The molecule has 0 saturated heterocycles. The lowest BCUT2D eigenvalue weighted by atomic mass is 10.1. The number of aryl methyl sites for hydroxylation is 1. The number of anilines is 1. The summed E-state index contributed by atoms with van der Waals surface area (Å²) in [7, 11) is 3.43. The molecule has 0 aromatic heterocycles. The van der Waals surface area contributed by atoms with Crippen LogP contribution in [0.3, 0.4) is 0 Å². The van der Waals surface area contributed by atoms with E-state index in [9.17, 15) is 4.79 Å². The van der Waals surface area contributed by atoms with E-state index >= 15 is 0 Å². The molecule has 0 radical (unpaired) electrons. The van der Waals surface area contributed by atoms with Crippen LogP contribution in [0.5, 0.6) is 5.75 Å². The summed E-state index contributed by atoms with van der Waals surface area (Å²) in [6, 6.07) is 5.56. The fourth-order valence-electron chi connectivity index (χ4n) is 1.53. The Hall–Kier alpha value is -1.71. The molecule has 1 aromatic carbocycles. The van der Waals surface area contributed by atoms with Gasteiger partial charge in [-0.1, -0.05) is 13.8 Å². The van der Waals surface area contributed by atoms with Gasteiger partial charge in [0, 0.05) is 19.8 Å². The van der Waals surface area contributed by atoms with Crippen LogP contribution in [0.15, 0.2) is 18.2 Å². The molecule has 106 valence electrons. The third-order valence-corrected chi connectivity index (χ3v) is 2.79. The minimum absolute atomic E-state index is 0.132. The van der Waals surface area contributed by atoms with E-state index in [0.717, 1.165) is 30.0 Å². The molecule has 0 aliphatic carbocycles. The SMILES string of the molecule is Cc1cc(NC(=O)N(C)C)ccc1OCCC(C)C. The Morgan fingerprint density at radius 1 is 1.37 bits per heavy atom. The summed E-state index contributed by atoms with van der Waals surface area (Å²) in [6.07, 6.45) is 1.04. The Bertz CT molecular complexity index is 428. The molecule has 0 fully saturated rings. The maximum atomic E-state index is 11.5. The number of ether oxygens (including phenoxy) is 1. The molecule has 4 heteroatoms. The number of hydrogen-bond donors (Lipinski definition) is 1. The predicted molar refractivity (Wildman–Crippen MR) is 78.8 cm³/mol. The number of rotatable bonds is 5. The monoisotopic (exact) mass is 264 g/mol. The van der Waals surface area contributed by atoms with Crippen LogP contribution in [0.2, 0.25) is 0 Å². The summed E-state index contributed by atoms with van der Waals surface area (Å²) in [6.45, 7) is 7.06. The van der Waals surface area contributed by atoms with E-state index in [4.69, 9.17) is 4.74 Å². The second kappa shape index (κ2) is 7.02. The molecule has 1 N–H and O–H groups in total. The van der Waals surface area contributed by atoms with Crippen molar-refractivity contribution in [2.75, 3.05) is 26.0 Å². The quantitative estimate of drug-likeness (QED) is 0.884. The van der Waals surface area contributed by atoms with Gasteiger partial charge in [-0.2, -0.15) is 0 Å². The molecule has 0 bridgehead atoms. The molecule has 0 unspecified atom stereocenters. The van der Waals surface area contributed by atoms with Gasteiger partial charge in [0.25, 0.3) is 0 Å². The molecular formula is C15H24N2O2. The van der Waals surface area contributed by atoms with E-state index in [0.29, 0.717) is 5.92 Å². The van der Waals surface area contributed by atoms with Crippen molar-refractivity contribution in [3.8, 4) is 5.75 Å². The zero-order chi connectivity index (χ0) is 14.4.